The first-order valence-corrected chi connectivity index (χ1v) is 13.2. The average Bonchev–Trinajstić information content (AvgIpc) is 2.87. The van der Waals surface area contributed by atoms with Crippen LogP contribution in [-0.2, 0) is 14.8 Å². The number of benzene rings is 1. The molecule has 1 unspecified atom stereocenters. The van der Waals surface area contributed by atoms with Crippen molar-refractivity contribution in [2.24, 2.45) is 5.92 Å². The van der Waals surface area contributed by atoms with Crippen molar-refractivity contribution in [3.05, 3.63) is 51.4 Å². The van der Waals surface area contributed by atoms with Crippen molar-refractivity contribution < 1.29 is 13.2 Å². The van der Waals surface area contributed by atoms with Gasteiger partial charge in [-0.2, -0.15) is 14.7 Å². The molecular weight excluding hydrogens is 478 g/mol. The lowest BCUT2D eigenvalue weighted by Gasteiger charge is -2.32. The summed E-state index contributed by atoms with van der Waals surface area (Å²) in [6.07, 6.45) is 4.54. The maximum absolute atomic E-state index is 13.0. The smallest absolute Gasteiger partial charge is 0.287 e. The number of nitrogens with one attached hydrogen (secondary N) is 1. The van der Waals surface area contributed by atoms with E-state index < -0.39 is 10.0 Å². The van der Waals surface area contributed by atoms with Crippen molar-refractivity contribution >= 4 is 27.3 Å². The molecule has 1 N–H and O–H groups in total. The van der Waals surface area contributed by atoms with Crippen LogP contribution in [-0.4, -0.2) is 54.8 Å². The lowest BCUT2D eigenvalue weighted by atomic mass is 9.95. The van der Waals surface area contributed by atoms with E-state index in [0.29, 0.717) is 36.6 Å². The SMILES string of the molecule is C[C@@H](Nc1cnn(C2CCN(S(=O)(=O)c3ccc(C#N)cc3)CC2)c(=O)c1Cl)C1CCCOC1. The first-order chi connectivity index (χ1) is 16.3. The highest BCUT2D eigenvalue weighted by molar-refractivity contribution is 7.89. The Morgan fingerprint density at radius 2 is 1.94 bits per heavy atom. The van der Waals surface area contributed by atoms with Crippen molar-refractivity contribution in [3.8, 4) is 6.07 Å². The second kappa shape index (κ2) is 10.4. The van der Waals surface area contributed by atoms with Gasteiger partial charge in [0, 0.05) is 31.7 Å². The standard InChI is InChI=1S/C23H28ClN5O4S/c1-16(18-3-2-12-33-15-18)27-21-14-26-29(23(30)22(21)24)19-8-10-28(11-9-19)34(31,32)20-6-4-17(13-25)5-7-20/h4-7,14,16,18-19,27H,2-3,8-12,15H2,1H3/t16-,18?/m1/s1. The minimum atomic E-state index is -3.67. The number of hydrogen-bond acceptors (Lipinski definition) is 7. The van der Waals surface area contributed by atoms with Crippen LogP contribution in [0.15, 0.2) is 40.2 Å². The maximum Gasteiger partial charge on any atom is 0.287 e. The van der Waals surface area contributed by atoms with E-state index in [0.717, 1.165) is 19.4 Å². The van der Waals surface area contributed by atoms with Crippen LogP contribution in [0.25, 0.3) is 0 Å². The van der Waals surface area contributed by atoms with Crippen LogP contribution in [0.2, 0.25) is 5.02 Å². The third-order valence-corrected chi connectivity index (χ3v) is 8.90. The number of sulfonamides is 1. The summed E-state index contributed by atoms with van der Waals surface area (Å²) in [5.74, 6) is 0.342. The average molecular weight is 506 g/mol. The van der Waals surface area contributed by atoms with Crippen LogP contribution in [0.1, 0.15) is 44.2 Å². The molecule has 11 heteroatoms. The Balaban J connectivity index is 1.42. The van der Waals surface area contributed by atoms with Crippen LogP contribution >= 0.6 is 11.6 Å². The van der Waals surface area contributed by atoms with Gasteiger partial charge in [0.05, 0.1) is 41.1 Å². The van der Waals surface area contributed by atoms with E-state index in [1.54, 1.807) is 6.20 Å². The number of ether oxygens (including phenoxy) is 1. The summed E-state index contributed by atoms with van der Waals surface area (Å²) >= 11 is 6.41. The molecule has 0 spiro atoms. The van der Waals surface area contributed by atoms with E-state index in [-0.39, 0.29) is 40.7 Å². The highest BCUT2D eigenvalue weighted by atomic mass is 35.5. The number of nitriles is 1. The molecule has 0 radical (unpaired) electrons. The molecule has 0 amide bonds. The van der Waals surface area contributed by atoms with Crippen molar-refractivity contribution in [1.29, 1.82) is 5.26 Å². The Hall–Kier alpha value is -2.45. The molecule has 2 atom stereocenters. The van der Waals surface area contributed by atoms with Crippen molar-refractivity contribution in [2.45, 2.75) is 49.6 Å². The minimum Gasteiger partial charge on any atom is -0.381 e. The van der Waals surface area contributed by atoms with Gasteiger partial charge in [-0.25, -0.2) is 13.1 Å². The van der Waals surface area contributed by atoms with Gasteiger partial charge in [-0.1, -0.05) is 11.6 Å². The van der Waals surface area contributed by atoms with E-state index in [1.807, 2.05) is 13.0 Å². The van der Waals surface area contributed by atoms with Gasteiger partial charge in [-0.15, -0.1) is 0 Å². The van der Waals surface area contributed by atoms with Gasteiger partial charge in [-0.3, -0.25) is 4.79 Å². The molecule has 9 nitrogen and oxygen atoms in total. The molecule has 182 valence electrons. The second-order valence-electron chi connectivity index (χ2n) is 8.80. The summed E-state index contributed by atoms with van der Waals surface area (Å²) in [7, 11) is -3.67. The Labute approximate surface area is 204 Å². The largest absolute Gasteiger partial charge is 0.381 e. The molecule has 0 bridgehead atoms. The molecule has 4 rings (SSSR count). The van der Waals surface area contributed by atoms with Gasteiger partial charge in [0.1, 0.15) is 5.02 Å². The minimum absolute atomic E-state index is 0.0884. The Morgan fingerprint density at radius 1 is 1.24 bits per heavy atom. The number of aromatic nitrogens is 2. The van der Waals surface area contributed by atoms with E-state index >= 15 is 0 Å². The van der Waals surface area contributed by atoms with Crippen LogP contribution in [0.3, 0.4) is 0 Å². The Morgan fingerprint density at radius 3 is 2.56 bits per heavy atom. The number of anilines is 1. The van der Waals surface area contributed by atoms with Crippen molar-refractivity contribution in [1.82, 2.24) is 14.1 Å². The molecule has 2 aromatic rings. The van der Waals surface area contributed by atoms with Crippen LogP contribution in [0.4, 0.5) is 5.69 Å². The van der Waals surface area contributed by atoms with E-state index in [1.165, 1.54) is 33.3 Å². The topological polar surface area (TPSA) is 117 Å². The number of piperidine rings is 1. The maximum atomic E-state index is 13.0. The second-order valence-corrected chi connectivity index (χ2v) is 11.1. The fraction of sp³-hybridized carbons (Fsp3) is 0.522. The first kappa shape index (κ1) is 24.7. The van der Waals surface area contributed by atoms with Crippen molar-refractivity contribution in [2.75, 3.05) is 31.6 Å². The first-order valence-electron chi connectivity index (χ1n) is 11.4. The zero-order chi connectivity index (χ0) is 24.3. The Kier molecular flexibility index (Phi) is 7.57. The highest BCUT2D eigenvalue weighted by Crippen LogP contribution is 2.28. The molecule has 0 aliphatic carbocycles. The summed E-state index contributed by atoms with van der Waals surface area (Å²) in [5.41, 5.74) is 0.522. The van der Waals surface area contributed by atoms with E-state index in [9.17, 15) is 13.2 Å². The monoisotopic (exact) mass is 505 g/mol. The normalized spacial score (nSPS) is 21.0. The lowest BCUT2D eigenvalue weighted by Crippen LogP contribution is -2.41. The summed E-state index contributed by atoms with van der Waals surface area (Å²) in [5, 5.41) is 16.7. The third-order valence-electron chi connectivity index (χ3n) is 6.62. The number of rotatable bonds is 6. The van der Waals surface area contributed by atoms with Gasteiger partial charge in [0.15, 0.2) is 0 Å². The van der Waals surface area contributed by atoms with Gasteiger partial charge < -0.3 is 10.1 Å². The highest BCUT2D eigenvalue weighted by Gasteiger charge is 2.31. The third kappa shape index (κ3) is 5.13. The number of halogens is 1. The lowest BCUT2D eigenvalue weighted by molar-refractivity contribution is 0.0496. The number of hydrogen-bond donors (Lipinski definition) is 1. The molecule has 34 heavy (non-hydrogen) atoms. The van der Waals surface area contributed by atoms with E-state index in [2.05, 4.69) is 10.4 Å². The predicted molar refractivity (Wildman–Crippen MR) is 128 cm³/mol. The quantitative estimate of drug-likeness (QED) is 0.641. The van der Waals surface area contributed by atoms with Crippen LogP contribution in [0.5, 0.6) is 0 Å². The number of nitrogens with zero attached hydrogens (tertiary/aromatic N) is 4. The van der Waals surface area contributed by atoms with Crippen LogP contribution < -0.4 is 10.9 Å². The predicted octanol–water partition coefficient (Wildman–Crippen LogP) is 3.02. The zero-order valence-electron chi connectivity index (χ0n) is 19.0. The van der Waals surface area contributed by atoms with Gasteiger partial charge in [0.25, 0.3) is 5.56 Å². The van der Waals surface area contributed by atoms with Gasteiger partial charge >= 0.3 is 0 Å². The van der Waals surface area contributed by atoms with Gasteiger partial charge in [-0.05, 0) is 56.9 Å². The molecule has 2 fully saturated rings. The fourth-order valence-electron chi connectivity index (χ4n) is 4.51. The van der Waals surface area contributed by atoms with Crippen molar-refractivity contribution in [3.63, 3.8) is 0 Å². The molecule has 1 aromatic heterocycles. The molecule has 0 saturated carbocycles. The summed E-state index contributed by atoms with van der Waals surface area (Å²) < 4.78 is 34.2. The molecule has 1 aromatic carbocycles. The fourth-order valence-corrected chi connectivity index (χ4v) is 6.17. The molecule has 2 aliphatic heterocycles. The summed E-state index contributed by atoms with van der Waals surface area (Å²) in [6, 6.07) is 7.69. The molecular formula is C23H28ClN5O4S. The molecule has 2 saturated heterocycles. The van der Waals surface area contributed by atoms with Gasteiger partial charge in [0.2, 0.25) is 10.0 Å². The zero-order valence-corrected chi connectivity index (χ0v) is 20.6. The summed E-state index contributed by atoms with van der Waals surface area (Å²) in [6.45, 7) is 4.04. The summed E-state index contributed by atoms with van der Waals surface area (Å²) in [4.78, 5) is 13.1. The molecule has 2 aliphatic rings. The molecule has 3 heterocycles. The van der Waals surface area contributed by atoms with Crippen LogP contribution in [0, 0.1) is 17.2 Å². The Bertz CT molecular complexity index is 1210. The van der Waals surface area contributed by atoms with E-state index in [4.69, 9.17) is 21.6 Å².